The molecule has 4 N–H and O–H groups in total. The van der Waals surface area contributed by atoms with Crippen LogP contribution in [0.2, 0.25) is 5.02 Å². The third kappa shape index (κ3) is 2.72. The monoisotopic (exact) mass is 305 g/mol. The van der Waals surface area contributed by atoms with Crippen LogP contribution in [0.1, 0.15) is 0 Å². The summed E-state index contributed by atoms with van der Waals surface area (Å²) in [6, 6.07) is 6.99. The molecule has 0 saturated carbocycles. The lowest BCUT2D eigenvalue weighted by Crippen LogP contribution is -2.43. The number of aromatic nitrogens is 2. The van der Waals surface area contributed by atoms with E-state index in [0.29, 0.717) is 17.1 Å². The molecule has 1 aliphatic heterocycles. The Balaban J connectivity index is 2.02. The number of phenols is 1. The lowest BCUT2D eigenvalue weighted by atomic mass is 10.1. The number of anilines is 2. The number of nitrogen functional groups attached to an aromatic ring is 1. The van der Waals surface area contributed by atoms with Gasteiger partial charge in [-0.1, -0.05) is 17.7 Å². The Morgan fingerprint density at radius 2 is 2.00 bits per heavy atom. The van der Waals surface area contributed by atoms with Crippen molar-refractivity contribution < 1.29 is 5.11 Å². The molecule has 7 heteroatoms. The van der Waals surface area contributed by atoms with Gasteiger partial charge in [-0.3, -0.25) is 0 Å². The van der Waals surface area contributed by atoms with Crippen molar-refractivity contribution in [3.05, 3.63) is 29.3 Å². The summed E-state index contributed by atoms with van der Waals surface area (Å²) >= 11 is 5.94. The van der Waals surface area contributed by atoms with Crippen LogP contribution in [0, 0.1) is 0 Å². The lowest BCUT2D eigenvalue weighted by Gasteiger charge is -2.30. The minimum atomic E-state index is 0.00417. The van der Waals surface area contributed by atoms with Gasteiger partial charge in [0.2, 0.25) is 0 Å². The number of phenolic OH excluding ortho intramolecular Hbond substituents is 1. The summed E-state index contributed by atoms with van der Waals surface area (Å²) in [6.07, 6.45) is 0. The second-order valence-electron chi connectivity index (χ2n) is 4.87. The second-order valence-corrected chi connectivity index (χ2v) is 5.28. The van der Waals surface area contributed by atoms with Crippen molar-refractivity contribution in [3.8, 4) is 17.0 Å². The molecule has 21 heavy (non-hydrogen) atoms. The zero-order chi connectivity index (χ0) is 14.8. The summed E-state index contributed by atoms with van der Waals surface area (Å²) in [5, 5.41) is 21.7. The van der Waals surface area contributed by atoms with Crippen LogP contribution < -0.4 is 16.0 Å². The maximum Gasteiger partial charge on any atom is 0.169 e. The minimum absolute atomic E-state index is 0.00417. The Labute approximate surface area is 127 Å². The molecule has 2 heterocycles. The van der Waals surface area contributed by atoms with Gasteiger partial charge in [-0.15, -0.1) is 10.2 Å². The molecule has 0 bridgehead atoms. The summed E-state index contributed by atoms with van der Waals surface area (Å²) in [7, 11) is 0. The number of benzene rings is 1. The van der Waals surface area contributed by atoms with Gasteiger partial charge in [-0.05, 0) is 18.2 Å². The minimum Gasteiger partial charge on any atom is -0.506 e. The summed E-state index contributed by atoms with van der Waals surface area (Å²) < 4.78 is 0. The van der Waals surface area contributed by atoms with Crippen LogP contribution in [0.25, 0.3) is 11.3 Å². The van der Waals surface area contributed by atoms with E-state index >= 15 is 0 Å². The smallest absolute Gasteiger partial charge is 0.169 e. The van der Waals surface area contributed by atoms with Gasteiger partial charge in [0.15, 0.2) is 5.82 Å². The highest BCUT2D eigenvalue weighted by Crippen LogP contribution is 2.35. The first-order valence-electron chi connectivity index (χ1n) is 6.73. The lowest BCUT2D eigenvalue weighted by molar-refractivity contribution is 0.477. The predicted octanol–water partition coefficient (Wildman–Crippen LogP) is 1.49. The maximum absolute atomic E-state index is 10.1. The molecule has 110 valence electrons. The van der Waals surface area contributed by atoms with Gasteiger partial charge in [-0.2, -0.15) is 0 Å². The molecule has 0 spiro atoms. The fourth-order valence-electron chi connectivity index (χ4n) is 2.40. The number of halogens is 1. The van der Waals surface area contributed by atoms with Crippen LogP contribution >= 0.6 is 11.6 Å². The molecular formula is C14H16ClN5O. The van der Waals surface area contributed by atoms with Gasteiger partial charge in [0.1, 0.15) is 5.75 Å². The van der Waals surface area contributed by atoms with Crippen LogP contribution in [0.15, 0.2) is 24.3 Å². The second kappa shape index (κ2) is 5.75. The molecule has 1 aromatic carbocycles. The van der Waals surface area contributed by atoms with Crippen molar-refractivity contribution in [1.29, 1.82) is 0 Å². The Morgan fingerprint density at radius 3 is 2.76 bits per heavy atom. The molecule has 0 atom stereocenters. The largest absolute Gasteiger partial charge is 0.506 e. The molecule has 1 aromatic heterocycles. The van der Waals surface area contributed by atoms with E-state index in [-0.39, 0.29) is 10.8 Å². The fraction of sp³-hybridized carbons (Fsp3) is 0.286. The van der Waals surface area contributed by atoms with Gasteiger partial charge >= 0.3 is 0 Å². The summed E-state index contributed by atoms with van der Waals surface area (Å²) in [5.74, 6) is 0.395. The topological polar surface area (TPSA) is 87.3 Å². The Morgan fingerprint density at radius 1 is 1.24 bits per heavy atom. The van der Waals surface area contributed by atoms with Crippen LogP contribution in [-0.4, -0.2) is 41.5 Å². The van der Waals surface area contributed by atoms with E-state index in [1.165, 1.54) is 0 Å². The average Bonchev–Trinajstić information content (AvgIpc) is 2.52. The van der Waals surface area contributed by atoms with E-state index in [1.54, 1.807) is 18.2 Å². The zero-order valence-corrected chi connectivity index (χ0v) is 12.1. The van der Waals surface area contributed by atoms with Gasteiger partial charge in [0.25, 0.3) is 0 Å². The van der Waals surface area contributed by atoms with E-state index in [1.807, 2.05) is 6.07 Å². The highest BCUT2D eigenvalue weighted by atomic mass is 35.5. The SMILES string of the molecule is Nc1nnc(-c2cccc(Cl)c2O)cc1N1CCNCC1. The molecule has 3 rings (SSSR count). The highest BCUT2D eigenvalue weighted by molar-refractivity contribution is 6.32. The molecule has 1 fully saturated rings. The Kier molecular flexibility index (Phi) is 3.81. The molecule has 0 radical (unpaired) electrons. The summed E-state index contributed by atoms with van der Waals surface area (Å²) in [6.45, 7) is 3.52. The molecular weight excluding hydrogens is 290 g/mol. The van der Waals surface area contributed by atoms with Gasteiger partial charge < -0.3 is 21.1 Å². The number of hydrogen-bond donors (Lipinski definition) is 3. The van der Waals surface area contributed by atoms with Gasteiger partial charge in [-0.25, -0.2) is 0 Å². The van der Waals surface area contributed by atoms with Crippen molar-refractivity contribution in [1.82, 2.24) is 15.5 Å². The normalized spacial score (nSPS) is 15.2. The quantitative estimate of drug-likeness (QED) is 0.779. The van der Waals surface area contributed by atoms with Crippen molar-refractivity contribution in [2.75, 3.05) is 36.8 Å². The average molecular weight is 306 g/mol. The third-order valence-electron chi connectivity index (χ3n) is 3.52. The number of nitrogens with one attached hydrogen (secondary N) is 1. The molecule has 0 unspecified atom stereocenters. The molecule has 0 aliphatic carbocycles. The van der Waals surface area contributed by atoms with Crippen molar-refractivity contribution >= 4 is 23.1 Å². The van der Waals surface area contributed by atoms with E-state index in [9.17, 15) is 5.11 Å². The summed E-state index contributed by atoms with van der Waals surface area (Å²) in [4.78, 5) is 2.16. The van der Waals surface area contributed by atoms with Gasteiger partial charge in [0, 0.05) is 31.7 Å². The van der Waals surface area contributed by atoms with Crippen molar-refractivity contribution in [2.24, 2.45) is 0 Å². The van der Waals surface area contributed by atoms with E-state index < -0.39 is 0 Å². The predicted molar refractivity (Wildman–Crippen MR) is 83.6 cm³/mol. The Bertz CT molecular complexity index is 658. The molecule has 1 aliphatic rings. The standard InChI is InChI=1S/C14H16ClN5O/c15-10-3-1-2-9(13(10)21)11-8-12(14(16)19-18-11)20-6-4-17-5-7-20/h1-3,8,17,21H,4-7H2,(H2,16,19). The highest BCUT2D eigenvalue weighted by Gasteiger charge is 2.17. The first kappa shape index (κ1) is 13.9. The number of hydrogen-bond acceptors (Lipinski definition) is 6. The van der Waals surface area contributed by atoms with E-state index in [4.69, 9.17) is 17.3 Å². The molecule has 0 amide bonds. The molecule has 6 nitrogen and oxygen atoms in total. The number of nitrogens with two attached hydrogens (primary N) is 1. The van der Waals surface area contributed by atoms with Crippen LogP contribution in [-0.2, 0) is 0 Å². The van der Waals surface area contributed by atoms with Crippen molar-refractivity contribution in [3.63, 3.8) is 0 Å². The maximum atomic E-state index is 10.1. The van der Waals surface area contributed by atoms with Crippen LogP contribution in [0.4, 0.5) is 11.5 Å². The molecule has 1 saturated heterocycles. The third-order valence-corrected chi connectivity index (χ3v) is 3.83. The fourth-order valence-corrected chi connectivity index (χ4v) is 2.58. The number of nitrogens with zero attached hydrogens (tertiary/aromatic N) is 3. The first-order valence-corrected chi connectivity index (χ1v) is 7.11. The van der Waals surface area contributed by atoms with Crippen LogP contribution in [0.3, 0.4) is 0 Å². The zero-order valence-electron chi connectivity index (χ0n) is 11.4. The van der Waals surface area contributed by atoms with E-state index in [2.05, 4.69) is 20.4 Å². The van der Waals surface area contributed by atoms with Crippen LogP contribution in [0.5, 0.6) is 5.75 Å². The van der Waals surface area contributed by atoms with Gasteiger partial charge in [0.05, 0.1) is 16.4 Å². The summed E-state index contributed by atoms with van der Waals surface area (Å²) in [5.41, 5.74) is 7.88. The molecule has 2 aromatic rings. The number of piperazine rings is 1. The van der Waals surface area contributed by atoms with E-state index in [0.717, 1.165) is 31.9 Å². The number of aromatic hydroxyl groups is 1. The number of rotatable bonds is 2. The number of para-hydroxylation sites is 1. The first-order chi connectivity index (χ1) is 10.2. The van der Waals surface area contributed by atoms with Crippen molar-refractivity contribution in [2.45, 2.75) is 0 Å². The Hall–Kier alpha value is -2.05.